The van der Waals surface area contributed by atoms with Gasteiger partial charge < -0.3 is 0 Å². The number of pyridine rings is 1. The number of halogens is 1. The highest BCUT2D eigenvalue weighted by Gasteiger charge is 2.14. The van der Waals surface area contributed by atoms with Crippen molar-refractivity contribution in [2.24, 2.45) is 5.14 Å². The van der Waals surface area contributed by atoms with Crippen molar-refractivity contribution in [1.29, 1.82) is 0 Å². The van der Waals surface area contributed by atoms with Crippen LogP contribution in [0.1, 0.15) is 5.82 Å². The van der Waals surface area contributed by atoms with Gasteiger partial charge in [-0.15, -0.1) is 5.10 Å². The third-order valence-electron chi connectivity index (χ3n) is 3.08. The quantitative estimate of drug-likeness (QED) is 0.778. The van der Waals surface area contributed by atoms with Gasteiger partial charge in [0.1, 0.15) is 10.7 Å². The summed E-state index contributed by atoms with van der Waals surface area (Å²) in [5, 5.41) is 9.99. The van der Waals surface area contributed by atoms with Gasteiger partial charge in [0, 0.05) is 16.8 Å². The van der Waals surface area contributed by atoms with E-state index >= 15 is 0 Å². The Hall–Kier alpha value is -2.29. The summed E-state index contributed by atoms with van der Waals surface area (Å²) in [6.07, 6.45) is 1.19. The number of nitrogens with two attached hydrogens (primary N) is 1. The van der Waals surface area contributed by atoms with Crippen molar-refractivity contribution in [3.63, 3.8) is 0 Å². The van der Waals surface area contributed by atoms with Gasteiger partial charge >= 0.3 is 0 Å². The fraction of sp³-hybridized carbons (Fsp3) is 0.0714. The number of hydrogen-bond donors (Lipinski definition) is 1. The summed E-state index contributed by atoms with van der Waals surface area (Å²) in [4.78, 5) is 8.43. The topological polar surface area (TPSA) is 104 Å². The molecule has 0 saturated carbocycles. The molecule has 1 aromatic carbocycles. The Bertz CT molecular complexity index is 950. The lowest BCUT2D eigenvalue weighted by atomic mass is 10.2. The summed E-state index contributed by atoms with van der Waals surface area (Å²) in [5.74, 6) is 1.57. The number of aryl methyl sites for hydroxylation is 1. The molecule has 0 aliphatic heterocycles. The molecule has 0 unspecified atom stereocenters. The van der Waals surface area contributed by atoms with Gasteiger partial charge in [-0.1, -0.05) is 11.6 Å². The van der Waals surface area contributed by atoms with E-state index in [9.17, 15) is 8.42 Å². The number of rotatable bonds is 3. The van der Waals surface area contributed by atoms with Crippen LogP contribution in [0, 0.1) is 6.92 Å². The molecule has 0 atom stereocenters. The molecule has 0 fully saturated rings. The van der Waals surface area contributed by atoms with Gasteiger partial charge in [0.05, 0.1) is 0 Å². The summed E-state index contributed by atoms with van der Waals surface area (Å²) < 4.78 is 24.1. The van der Waals surface area contributed by atoms with E-state index in [0.29, 0.717) is 22.5 Å². The summed E-state index contributed by atoms with van der Waals surface area (Å²) >= 11 is 5.90. The minimum atomic E-state index is -3.79. The summed E-state index contributed by atoms with van der Waals surface area (Å²) in [5.41, 5.74) is 0.812. The standard InChI is InChI=1S/C14H12ClN5O2S/c1-9-18-14(10-2-4-11(15)5-3-10)20(19-9)13-7-6-12(8-17-13)23(16,21)22/h2-8H,1H3,(H2,16,21,22). The van der Waals surface area contributed by atoms with Gasteiger partial charge in [-0.05, 0) is 43.3 Å². The predicted octanol–water partition coefficient (Wildman–Crippen LogP) is 1.94. The number of hydrogen-bond acceptors (Lipinski definition) is 5. The van der Waals surface area contributed by atoms with Gasteiger partial charge in [0.2, 0.25) is 10.0 Å². The molecule has 0 aliphatic rings. The molecule has 0 aliphatic carbocycles. The van der Waals surface area contributed by atoms with Crippen molar-refractivity contribution >= 4 is 21.6 Å². The first kappa shape index (κ1) is 15.6. The SMILES string of the molecule is Cc1nc(-c2ccc(Cl)cc2)n(-c2ccc(S(N)(=O)=O)cn2)n1. The molecule has 0 radical (unpaired) electrons. The fourth-order valence-corrected chi connectivity index (χ4v) is 2.61. The first-order valence-electron chi connectivity index (χ1n) is 6.53. The van der Waals surface area contributed by atoms with E-state index in [1.807, 2.05) is 12.1 Å². The number of primary sulfonamides is 1. The van der Waals surface area contributed by atoms with Crippen molar-refractivity contribution in [2.45, 2.75) is 11.8 Å². The highest BCUT2D eigenvalue weighted by molar-refractivity contribution is 7.89. The Morgan fingerprint density at radius 2 is 1.83 bits per heavy atom. The summed E-state index contributed by atoms with van der Waals surface area (Å²) in [6.45, 7) is 1.76. The van der Waals surface area contributed by atoms with Gasteiger partial charge in [-0.25, -0.2) is 23.5 Å². The maximum Gasteiger partial charge on any atom is 0.239 e. The molecule has 7 nitrogen and oxygen atoms in total. The van der Waals surface area contributed by atoms with E-state index < -0.39 is 10.0 Å². The minimum Gasteiger partial charge on any atom is -0.236 e. The van der Waals surface area contributed by atoms with E-state index in [4.69, 9.17) is 16.7 Å². The number of sulfonamides is 1. The third-order valence-corrected chi connectivity index (χ3v) is 4.23. The first-order valence-corrected chi connectivity index (χ1v) is 8.46. The number of nitrogens with zero attached hydrogens (tertiary/aromatic N) is 4. The van der Waals surface area contributed by atoms with E-state index in [-0.39, 0.29) is 4.90 Å². The normalized spacial score (nSPS) is 11.6. The molecule has 0 amide bonds. The second-order valence-corrected chi connectivity index (χ2v) is 6.80. The molecule has 2 N–H and O–H groups in total. The van der Waals surface area contributed by atoms with Crippen LogP contribution >= 0.6 is 11.6 Å². The van der Waals surface area contributed by atoms with Gasteiger partial charge in [0.25, 0.3) is 0 Å². The minimum absolute atomic E-state index is 0.0638. The lowest BCUT2D eigenvalue weighted by molar-refractivity contribution is 0.597. The maximum atomic E-state index is 11.3. The van der Waals surface area contributed by atoms with Crippen LogP contribution in [-0.4, -0.2) is 28.2 Å². The Kier molecular flexibility index (Phi) is 3.88. The molecule has 0 bridgehead atoms. The zero-order valence-corrected chi connectivity index (χ0v) is 13.6. The van der Waals surface area contributed by atoms with Gasteiger partial charge in [-0.3, -0.25) is 0 Å². The van der Waals surface area contributed by atoms with Crippen molar-refractivity contribution in [3.05, 3.63) is 53.4 Å². The van der Waals surface area contributed by atoms with Crippen LogP contribution in [0.5, 0.6) is 0 Å². The Labute approximate surface area is 137 Å². The Morgan fingerprint density at radius 1 is 1.13 bits per heavy atom. The van der Waals surface area contributed by atoms with Crippen molar-refractivity contribution in [3.8, 4) is 17.2 Å². The van der Waals surface area contributed by atoms with Crippen LogP contribution in [0.2, 0.25) is 5.02 Å². The van der Waals surface area contributed by atoms with Gasteiger partial charge in [-0.2, -0.15) is 4.68 Å². The molecule has 3 aromatic rings. The maximum absolute atomic E-state index is 11.3. The molecule has 3 rings (SSSR count). The third kappa shape index (κ3) is 3.24. The predicted molar refractivity (Wildman–Crippen MR) is 85.7 cm³/mol. The van der Waals surface area contributed by atoms with Crippen LogP contribution in [0.15, 0.2) is 47.5 Å². The van der Waals surface area contributed by atoms with Crippen LogP contribution in [0.25, 0.3) is 17.2 Å². The van der Waals surface area contributed by atoms with Crippen LogP contribution in [0.3, 0.4) is 0 Å². The number of benzene rings is 1. The molecule has 118 valence electrons. The van der Waals surface area contributed by atoms with E-state index in [1.54, 1.807) is 19.1 Å². The zero-order valence-electron chi connectivity index (χ0n) is 12.0. The molecule has 0 spiro atoms. The molecule has 0 saturated heterocycles. The zero-order chi connectivity index (χ0) is 16.6. The van der Waals surface area contributed by atoms with E-state index in [0.717, 1.165) is 5.56 Å². The average molecular weight is 350 g/mol. The Balaban J connectivity index is 2.09. The van der Waals surface area contributed by atoms with Crippen LogP contribution < -0.4 is 5.14 Å². The monoisotopic (exact) mass is 349 g/mol. The van der Waals surface area contributed by atoms with Crippen molar-refractivity contribution in [1.82, 2.24) is 19.7 Å². The second kappa shape index (κ2) is 5.73. The number of aromatic nitrogens is 4. The second-order valence-electron chi connectivity index (χ2n) is 4.80. The summed E-state index contributed by atoms with van der Waals surface area (Å²) in [7, 11) is -3.79. The lowest BCUT2D eigenvalue weighted by Crippen LogP contribution is -2.13. The summed E-state index contributed by atoms with van der Waals surface area (Å²) in [6, 6.07) is 10.0. The highest BCUT2D eigenvalue weighted by atomic mass is 35.5. The largest absolute Gasteiger partial charge is 0.239 e. The van der Waals surface area contributed by atoms with Crippen molar-refractivity contribution in [2.75, 3.05) is 0 Å². The molecule has 9 heteroatoms. The average Bonchev–Trinajstić information content (AvgIpc) is 2.89. The molecule has 2 heterocycles. The van der Waals surface area contributed by atoms with E-state index in [2.05, 4.69) is 15.1 Å². The van der Waals surface area contributed by atoms with Crippen LogP contribution in [-0.2, 0) is 10.0 Å². The van der Waals surface area contributed by atoms with E-state index in [1.165, 1.54) is 23.0 Å². The smallest absolute Gasteiger partial charge is 0.236 e. The molecule has 2 aromatic heterocycles. The van der Waals surface area contributed by atoms with Gasteiger partial charge in [0.15, 0.2) is 11.6 Å². The molecular formula is C14H12ClN5O2S. The lowest BCUT2D eigenvalue weighted by Gasteiger charge is -2.06. The van der Waals surface area contributed by atoms with Crippen molar-refractivity contribution < 1.29 is 8.42 Å². The fourth-order valence-electron chi connectivity index (χ4n) is 2.03. The Morgan fingerprint density at radius 3 is 2.39 bits per heavy atom. The molecular weight excluding hydrogens is 338 g/mol. The first-order chi connectivity index (χ1) is 10.8. The van der Waals surface area contributed by atoms with Crippen LogP contribution in [0.4, 0.5) is 0 Å². The highest BCUT2D eigenvalue weighted by Crippen LogP contribution is 2.22. The molecule has 23 heavy (non-hydrogen) atoms.